The van der Waals surface area contributed by atoms with Gasteiger partial charge in [0.15, 0.2) is 0 Å². The largest absolute Gasteiger partial charge is 0.497 e. The zero-order valence-electron chi connectivity index (χ0n) is 17.1. The molecule has 0 aliphatic heterocycles. The van der Waals surface area contributed by atoms with Gasteiger partial charge in [-0.15, -0.1) is 0 Å². The van der Waals surface area contributed by atoms with Crippen LogP contribution in [-0.4, -0.2) is 26.7 Å². The zero-order chi connectivity index (χ0) is 21.0. The second kappa shape index (κ2) is 8.82. The van der Waals surface area contributed by atoms with Gasteiger partial charge in [-0.3, -0.25) is 4.79 Å². The molecule has 3 rings (SSSR count). The number of ether oxygens (including phenoxy) is 2. The molecule has 0 saturated carbocycles. The molecule has 0 aliphatic rings. The van der Waals surface area contributed by atoms with Crippen molar-refractivity contribution in [2.45, 2.75) is 26.7 Å². The van der Waals surface area contributed by atoms with Crippen LogP contribution in [0.2, 0.25) is 0 Å². The van der Waals surface area contributed by atoms with Crippen molar-refractivity contribution in [2.75, 3.05) is 20.8 Å². The van der Waals surface area contributed by atoms with Gasteiger partial charge in [-0.1, -0.05) is 12.1 Å². The molecule has 0 bridgehead atoms. The predicted molar refractivity (Wildman–Crippen MR) is 112 cm³/mol. The third-order valence-electron chi connectivity index (χ3n) is 5.11. The fourth-order valence-corrected chi connectivity index (χ4v) is 3.36. The van der Waals surface area contributed by atoms with E-state index in [9.17, 15) is 9.59 Å². The monoisotopic (exact) mass is 395 g/mol. The van der Waals surface area contributed by atoms with Crippen LogP contribution in [0.5, 0.6) is 11.5 Å². The van der Waals surface area contributed by atoms with Crippen LogP contribution in [0.3, 0.4) is 0 Å². The Bertz CT molecular complexity index is 1080. The number of hydrogen-bond acceptors (Lipinski definition) is 5. The molecular weight excluding hydrogens is 370 g/mol. The van der Waals surface area contributed by atoms with E-state index in [4.69, 9.17) is 13.9 Å². The van der Waals surface area contributed by atoms with Crippen LogP contribution < -0.4 is 20.4 Å². The lowest BCUT2D eigenvalue weighted by atomic mass is 10.0. The number of methoxy groups -OCH3 is 2. The fourth-order valence-electron chi connectivity index (χ4n) is 3.36. The van der Waals surface area contributed by atoms with Crippen LogP contribution in [0.25, 0.3) is 11.0 Å². The molecule has 1 aromatic heterocycles. The topological polar surface area (TPSA) is 77.8 Å². The highest BCUT2D eigenvalue weighted by Gasteiger charge is 2.17. The highest BCUT2D eigenvalue weighted by molar-refractivity contribution is 5.87. The van der Waals surface area contributed by atoms with Gasteiger partial charge >= 0.3 is 5.63 Å². The minimum atomic E-state index is -0.489. The summed E-state index contributed by atoms with van der Waals surface area (Å²) in [7, 11) is 3.20. The molecule has 0 radical (unpaired) electrons. The lowest BCUT2D eigenvalue weighted by molar-refractivity contribution is -0.120. The smallest absolute Gasteiger partial charge is 0.340 e. The first kappa shape index (κ1) is 20.5. The van der Waals surface area contributed by atoms with Crippen molar-refractivity contribution in [3.8, 4) is 11.5 Å². The van der Waals surface area contributed by atoms with Gasteiger partial charge in [0.05, 0.1) is 26.2 Å². The van der Waals surface area contributed by atoms with Crippen LogP contribution in [0.1, 0.15) is 22.3 Å². The van der Waals surface area contributed by atoms with Crippen molar-refractivity contribution in [1.82, 2.24) is 5.32 Å². The molecule has 1 N–H and O–H groups in total. The molecule has 0 aliphatic carbocycles. The van der Waals surface area contributed by atoms with E-state index in [-0.39, 0.29) is 12.3 Å². The quantitative estimate of drug-likeness (QED) is 0.621. The number of carbonyl (C=O) groups excluding carboxylic acids is 1. The summed E-state index contributed by atoms with van der Waals surface area (Å²) in [5.74, 6) is 1.24. The Kier molecular flexibility index (Phi) is 6.22. The van der Waals surface area contributed by atoms with Crippen LogP contribution in [0.15, 0.2) is 45.6 Å². The van der Waals surface area contributed by atoms with Gasteiger partial charge in [0.1, 0.15) is 17.1 Å². The van der Waals surface area contributed by atoms with Crippen LogP contribution in [-0.2, 0) is 17.6 Å². The molecule has 0 unspecified atom stereocenters. The summed E-state index contributed by atoms with van der Waals surface area (Å²) in [4.78, 5) is 24.9. The van der Waals surface area contributed by atoms with E-state index in [1.165, 1.54) is 0 Å². The molecule has 6 nitrogen and oxygen atoms in total. The fraction of sp³-hybridized carbons (Fsp3) is 0.304. The molecule has 152 valence electrons. The Morgan fingerprint density at radius 2 is 1.72 bits per heavy atom. The first-order valence-electron chi connectivity index (χ1n) is 9.44. The lowest BCUT2D eigenvalue weighted by Gasteiger charge is -2.12. The molecule has 29 heavy (non-hydrogen) atoms. The summed E-state index contributed by atoms with van der Waals surface area (Å²) < 4.78 is 15.9. The highest BCUT2D eigenvalue weighted by atomic mass is 16.5. The van der Waals surface area contributed by atoms with Gasteiger partial charge in [-0.2, -0.15) is 0 Å². The Balaban J connectivity index is 1.70. The van der Waals surface area contributed by atoms with Crippen molar-refractivity contribution in [2.24, 2.45) is 0 Å². The molecule has 1 amide bonds. The first-order chi connectivity index (χ1) is 13.9. The number of hydrogen-bond donors (Lipinski definition) is 1. The third kappa shape index (κ3) is 4.42. The number of nitrogens with one attached hydrogen (secondary N) is 1. The van der Waals surface area contributed by atoms with Gasteiger partial charge in [-0.05, 0) is 55.7 Å². The lowest BCUT2D eigenvalue weighted by Crippen LogP contribution is -2.29. The molecule has 0 atom stereocenters. The molecule has 0 saturated heterocycles. The average Bonchev–Trinajstić information content (AvgIpc) is 2.72. The van der Waals surface area contributed by atoms with Crippen molar-refractivity contribution in [1.29, 1.82) is 0 Å². The summed E-state index contributed by atoms with van der Waals surface area (Å²) in [5.41, 5.74) is 3.00. The summed E-state index contributed by atoms with van der Waals surface area (Å²) in [5, 5.41) is 3.68. The van der Waals surface area contributed by atoms with Gasteiger partial charge in [0, 0.05) is 17.5 Å². The zero-order valence-corrected chi connectivity index (χ0v) is 17.1. The molecule has 1 heterocycles. The Labute approximate surface area is 169 Å². The van der Waals surface area contributed by atoms with E-state index in [0.29, 0.717) is 29.9 Å². The predicted octanol–water partition coefficient (Wildman–Crippen LogP) is 3.33. The Hall–Kier alpha value is -3.28. The number of benzene rings is 2. The normalized spacial score (nSPS) is 10.8. The van der Waals surface area contributed by atoms with E-state index in [2.05, 4.69) is 5.32 Å². The van der Waals surface area contributed by atoms with E-state index in [1.807, 2.05) is 50.2 Å². The average molecular weight is 395 g/mol. The molecule has 2 aromatic carbocycles. The van der Waals surface area contributed by atoms with E-state index in [1.54, 1.807) is 14.2 Å². The number of fused-ring (bicyclic) bond motifs is 1. The van der Waals surface area contributed by atoms with E-state index >= 15 is 0 Å². The van der Waals surface area contributed by atoms with Gasteiger partial charge in [0.25, 0.3) is 0 Å². The van der Waals surface area contributed by atoms with E-state index in [0.717, 1.165) is 27.8 Å². The number of carbonyl (C=O) groups is 1. The van der Waals surface area contributed by atoms with Crippen molar-refractivity contribution in [3.63, 3.8) is 0 Å². The molecular formula is C23H25NO5. The summed E-state index contributed by atoms with van der Waals surface area (Å²) in [6, 6.07) is 11.4. The van der Waals surface area contributed by atoms with Gasteiger partial charge < -0.3 is 19.2 Å². The summed E-state index contributed by atoms with van der Waals surface area (Å²) in [6.45, 7) is 4.17. The molecule has 3 aromatic rings. The van der Waals surface area contributed by atoms with Crippen LogP contribution in [0.4, 0.5) is 0 Å². The van der Waals surface area contributed by atoms with Crippen LogP contribution in [0, 0.1) is 13.8 Å². The standard InChI is InChI=1S/C23H25NO5/c1-14-18-9-10-20(28-4)15(2)22(18)29-23(26)19(14)13-21(25)24-12-11-16-5-7-17(27-3)8-6-16/h5-10H,11-13H2,1-4H3,(H,24,25). The van der Waals surface area contributed by atoms with Gasteiger partial charge in [0.2, 0.25) is 5.91 Å². The summed E-state index contributed by atoms with van der Waals surface area (Å²) in [6.07, 6.45) is 0.678. The van der Waals surface area contributed by atoms with E-state index < -0.39 is 5.63 Å². The second-order valence-electron chi connectivity index (χ2n) is 6.89. The van der Waals surface area contributed by atoms with Crippen LogP contribution >= 0.6 is 0 Å². The van der Waals surface area contributed by atoms with Crippen molar-refractivity contribution >= 4 is 16.9 Å². The number of aryl methyl sites for hydroxylation is 2. The molecule has 0 fully saturated rings. The number of amides is 1. The maximum Gasteiger partial charge on any atom is 0.340 e. The Morgan fingerprint density at radius 3 is 2.38 bits per heavy atom. The maximum absolute atomic E-state index is 12.5. The minimum Gasteiger partial charge on any atom is -0.497 e. The van der Waals surface area contributed by atoms with Crippen molar-refractivity contribution in [3.05, 3.63) is 69.1 Å². The van der Waals surface area contributed by atoms with Crippen molar-refractivity contribution < 1.29 is 18.7 Å². The maximum atomic E-state index is 12.5. The Morgan fingerprint density at radius 1 is 1.00 bits per heavy atom. The second-order valence-corrected chi connectivity index (χ2v) is 6.89. The number of rotatable bonds is 7. The summed E-state index contributed by atoms with van der Waals surface area (Å²) >= 11 is 0. The molecule has 6 heteroatoms. The van der Waals surface area contributed by atoms with Gasteiger partial charge in [-0.25, -0.2) is 4.79 Å². The molecule has 0 spiro atoms. The SMILES string of the molecule is COc1ccc(CCNC(=O)Cc2c(C)c3ccc(OC)c(C)c3oc2=O)cc1. The highest BCUT2D eigenvalue weighted by Crippen LogP contribution is 2.29. The first-order valence-corrected chi connectivity index (χ1v) is 9.44. The third-order valence-corrected chi connectivity index (χ3v) is 5.11. The minimum absolute atomic E-state index is 0.0161.